The molecule has 0 aliphatic rings. The third-order valence-electron chi connectivity index (χ3n) is 8.21. The first-order valence-electron chi connectivity index (χ1n) is 15.1. The molecule has 0 saturated heterocycles. The maximum absolute atomic E-state index is 10.0. The van der Waals surface area contributed by atoms with Gasteiger partial charge in [-0.3, -0.25) is 0 Å². The van der Waals surface area contributed by atoms with E-state index in [1.807, 2.05) is 24.3 Å². The Labute approximate surface area is 261 Å². The smallest absolute Gasteiger partial charge is 0.124 e. The van der Waals surface area contributed by atoms with Gasteiger partial charge in [-0.15, -0.1) is 11.3 Å². The number of aryl methyl sites for hydroxylation is 2. The highest BCUT2D eigenvalue weighted by Crippen LogP contribution is 2.36. The Morgan fingerprint density at radius 1 is 0.795 bits per heavy atom. The predicted octanol–water partition coefficient (Wildman–Crippen LogP) is 9.75. The summed E-state index contributed by atoms with van der Waals surface area (Å²) in [7, 11) is 0. The number of nitrogens with zero attached hydrogens (tertiary/aromatic N) is 4. The van der Waals surface area contributed by atoms with E-state index >= 15 is 0 Å². The molecule has 44 heavy (non-hydrogen) atoms. The van der Waals surface area contributed by atoms with Gasteiger partial charge in [0.2, 0.25) is 0 Å². The highest BCUT2D eigenvalue weighted by Gasteiger charge is 2.18. The number of aromatic nitrogens is 3. The summed E-state index contributed by atoms with van der Waals surface area (Å²) in [4.78, 5) is 10.2. The van der Waals surface area contributed by atoms with Crippen molar-refractivity contribution in [2.45, 2.75) is 39.7 Å². The van der Waals surface area contributed by atoms with Crippen LogP contribution in [0.3, 0.4) is 0 Å². The largest absolute Gasteiger partial charge is 0.323 e. The van der Waals surface area contributed by atoms with E-state index in [-0.39, 0.29) is 0 Å². The van der Waals surface area contributed by atoms with E-state index in [2.05, 4.69) is 109 Å². The molecular formula is C39H32N4S. The average molecular weight is 589 g/mol. The van der Waals surface area contributed by atoms with Crippen LogP contribution in [-0.4, -0.2) is 14.5 Å². The molecule has 0 aliphatic heterocycles. The fourth-order valence-corrected chi connectivity index (χ4v) is 7.14. The van der Waals surface area contributed by atoms with Gasteiger partial charge < -0.3 is 4.57 Å². The van der Waals surface area contributed by atoms with E-state index in [1.54, 1.807) is 11.3 Å². The lowest BCUT2D eigenvalue weighted by Gasteiger charge is -2.12. The number of nitriles is 1. The molecule has 0 radical (unpaired) electrons. The lowest BCUT2D eigenvalue weighted by atomic mass is 9.98. The Balaban J connectivity index is 1.30. The summed E-state index contributed by atoms with van der Waals surface area (Å²) < 4.78 is 3.58. The maximum Gasteiger partial charge on any atom is 0.124 e. The van der Waals surface area contributed by atoms with E-state index in [0.717, 1.165) is 74.5 Å². The molecule has 2 heterocycles. The van der Waals surface area contributed by atoms with Gasteiger partial charge in [0.05, 0.1) is 32.9 Å². The minimum atomic E-state index is 0.652. The lowest BCUT2D eigenvalue weighted by molar-refractivity contribution is 0.722. The van der Waals surface area contributed by atoms with Crippen LogP contribution in [0.4, 0.5) is 0 Å². The monoisotopic (exact) mass is 588 g/mol. The van der Waals surface area contributed by atoms with Crippen molar-refractivity contribution in [2.75, 3.05) is 0 Å². The molecular weight excluding hydrogens is 557 g/mol. The lowest BCUT2D eigenvalue weighted by Crippen LogP contribution is -2.06. The minimum absolute atomic E-state index is 0.652. The molecule has 4 nitrogen and oxygen atoms in total. The fraction of sp³-hybridized carbons (Fsp3) is 0.154. The molecule has 5 aromatic carbocycles. The zero-order valence-corrected chi connectivity index (χ0v) is 25.7. The molecule has 7 rings (SSSR count). The quantitative estimate of drug-likeness (QED) is 0.178. The van der Waals surface area contributed by atoms with E-state index in [1.165, 1.54) is 15.8 Å². The van der Waals surface area contributed by atoms with Crippen LogP contribution in [0.2, 0.25) is 0 Å². The topological polar surface area (TPSA) is 54.5 Å². The first-order chi connectivity index (χ1) is 21.6. The third kappa shape index (κ3) is 5.30. The van der Waals surface area contributed by atoms with Crippen molar-refractivity contribution in [3.05, 3.63) is 143 Å². The summed E-state index contributed by atoms with van der Waals surface area (Å²) >= 11 is 1.77. The van der Waals surface area contributed by atoms with Crippen LogP contribution in [0.1, 0.15) is 47.0 Å². The Kier molecular flexibility index (Phi) is 7.52. The SMILES string of the molecule is CCCc1nc2c(C)cc(-c3nc4cccc(Cc5ccccc5)c4s3)cc2n1Cc1ccc(-c2ccccc2)c(C#N)c1. The van der Waals surface area contributed by atoms with E-state index in [4.69, 9.17) is 9.97 Å². The molecule has 2 aromatic heterocycles. The highest BCUT2D eigenvalue weighted by atomic mass is 32.1. The molecule has 0 bridgehead atoms. The number of hydrogen-bond acceptors (Lipinski definition) is 4. The number of benzene rings is 5. The van der Waals surface area contributed by atoms with Gasteiger partial charge >= 0.3 is 0 Å². The summed E-state index contributed by atoms with van der Waals surface area (Å²) in [5.74, 6) is 1.07. The van der Waals surface area contributed by atoms with Crippen molar-refractivity contribution in [3.8, 4) is 27.8 Å². The molecule has 0 atom stereocenters. The number of hydrogen-bond donors (Lipinski definition) is 0. The number of thiazole rings is 1. The minimum Gasteiger partial charge on any atom is -0.323 e. The van der Waals surface area contributed by atoms with Crippen LogP contribution in [0.25, 0.3) is 42.9 Å². The predicted molar refractivity (Wildman–Crippen MR) is 182 cm³/mol. The Hall–Kier alpha value is -5.05. The standard InChI is InChI=1S/C39H32N4S/c1-3-11-36-42-37-26(2)20-31(39-41-34-17-10-16-30(38(34)44-39)21-27-12-6-4-7-13-27)23-35(37)43(36)25-28-18-19-33(32(22-28)24-40)29-14-8-5-9-15-29/h4-10,12-20,22-23H,3,11,21,25H2,1-2H3. The van der Waals surface area contributed by atoms with Gasteiger partial charge in [0.1, 0.15) is 10.8 Å². The zero-order valence-electron chi connectivity index (χ0n) is 24.9. The second-order valence-corrected chi connectivity index (χ2v) is 12.3. The summed E-state index contributed by atoms with van der Waals surface area (Å²) in [5.41, 5.74) is 11.8. The summed E-state index contributed by atoms with van der Waals surface area (Å²) in [6.45, 7) is 4.99. The maximum atomic E-state index is 10.0. The van der Waals surface area contributed by atoms with Gasteiger partial charge in [-0.1, -0.05) is 91.9 Å². The summed E-state index contributed by atoms with van der Waals surface area (Å²) in [6, 6.07) is 40.4. The second kappa shape index (κ2) is 11.9. The molecule has 214 valence electrons. The molecule has 0 aliphatic carbocycles. The second-order valence-electron chi connectivity index (χ2n) is 11.3. The molecule has 0 spiro atoms. The Bertz CT molecular complexity index is 2150. The molecule has 0 N–H and O–H groups in total. The first kappa shape index (κ1) is 27.8. The van der Waals surface area contributed by atoms with Crippen LogP contribution in [0.15, 0.2) is 109 Å². The van der Waals surface area contributed by atoms with Crippen molar-refractivity contribution in [2.24, 2.45) is 0 Å². The molecule has 0 unspecified atom stereocenters. The van der Waals surface area contributed by atoms with Crippen LogP contribution < -0.4 is 0 Å². The van der Waals surface area contributed by atoms with E-state index in [9.17, 15) is 5.26 Å². The van der Waals surface area contributed by atoms with Crippen molar-refractivity contribution in [3.63, 3.8) is 0 Å². The molecule has 0 saturated carbocycles. The summed E-state index contributed by atoms with van der Waals surface area (Å²) in [6.07, 6.45) is 2.78. The van der Waals surface area contributed by atoms with Crippen molar-refractivity contribution < 1.29 is 0 Å². The number of fused-ring (bicyclic) bond motifs is 2. The normalized spacial score (nSPS) is 11.3. The van der Waals surface area contributed by atoms with Crippen LogP contribution in [0.5, 0.6) is 0 Å². The van der Waals surface area contributed by atoms with Crippen LogP contribution in [-0.2, 0) is 19.4 Å². The van der Waals surface area contributed by atoms with Gasteiger partial charge in [-0.05, 0) is 77.4 Å². The molecule has 0 fully saturated rings. The van der Waals surface area contributed by atoms with E-state index in [0.29, 0.717) is 12.1 Å². The fourth-order valence-electron chi connectivity index (χ4n) is 6.07. The highest BCUT2D eigenvalue weighted by molar-refractivity contribution is 7.21. The van der Waals surface area contributed by atoms with Crippen LogP contribution >= 0.6 is 11.3 Å². The van der Waals surface area contributed by atoms with Crippen molar-refractivity contribution in [1.82, 2.24) is 14.5 Å². The number of imidazole rings is 1. The van der Waals surface area contributed by atoms with Crippen LogP contribution in [0, 0.1) is 18.3 Å². The first-order valence-corrected chi connectivity index (χ1v) is 15.9. The Morgan fingerprint density at radius 3 is 2.36 bits per heavy atom. The number of rotatable bonds is 8. The van der Waals surface area contributed by atoms with Crippen molar-refractivity contribution >= 4 is 32.6 Å². The Morgan fingerprint density at radius 2 is 1.59 bits per heavy atom. The van der Waals surface area contributed by atoms with E-state index < -0.39 is 0 Å². The van der Waals surface area contributed by atoms with Gasteiger partial charge in [0, 0.05) is 18.5 Å². The summed E-state index contributed by atoms with van der Waals surface area (Å²) in [5, 5.41) is 11.0. The third-order valence-corrected chi connectivity index (χ3v) is 9.40. The average Bonchev–Trinajstić information content (AvgIpc) is 3.65. The van der Waals surface area contributed by atoms with Gasteiger partial charge in [0.25, 0.3) is 0 Å². The zero-order chi connectivity index (χ0) is 30.0. The molecule has 5 heteroatoms. The van der Waals surface area contributed by atoms with Gasteiger partial charge in [0.15, 0.2) is 0 Å². The van der Waals surface area contributed by atoms with Gasteiger partial charge in [-0.2, -0.15) is 5.26 Å². The molecule has 7 aromatic rings. The van der Waals surface area contributed by atoms with Crippen molar-refractivity contribution in [1.29, 1.82) is 5.26 Å². The molecule has 0 amide bonds. The van der Waals surface area contributed by atoms with Gasteiger partial charge in [-0.25, -0.2) is 9.97 Å².